The number of rotatable bonds is 3. The summed E-state index contributed by atoms with van der Waals surface area (Å²) in [7, 11) is 0. The first-order chi connectivity index (χ1) is 14.3. The average Bonchev–Trinajstić information content (AvgIpc) is 3.25. The summed E-state index contributed by atoms with van der Waals surface area (Å²) in [5.41, 5.74) is 4.11. The van der Waals surface area contributed by atoms with Crippen LogP contribution in [-0.2, 0) is 9.59 Å². The van der Waals surface area contributed by atoms with E-state index in [1.807, 2.05) is 51.1 Å². The van der Waals surface area contributed by atoms with Crippen LogP contribution in [0, 0.1) is 27.7 Å². The normalized spacial score (nSPS) is 18.3. The fourth-order valence-electron chi connectivity index (χ4n) is 3.79. The number of hydrogen-bond donors (Lipinski definition) is 1. The van der Waals surface area contributed by atoms with Crippen LogP contribution in [0.5, 0.6) is 0 Å². The third-order valence-corrected chi connectivity index (χ3v) is 5.54. The number of amides is 1. The number of ketones is 1. The molecule has 0 radical (unpaired) electrons. The van der Waals surface area contributed by atoms with Crippen molar-refractivity contribution in [1.29, 1.82) is 0 Å². The first-order valence-electron chi connectivity index (χ1n) is 9.79. The van der Waals surface area contributed by atoms with E-state index in [1.165, 1.54) is 4.90 Å². The third-order valence-electron chi connectivity index (χ3n) is 5.54. The standard InChI is InChI=1S/C25H23NO4/c1-14-6-5-7-19(12-14)26-22(20-11-9-17(4)30-20)21(24(28)25(26)29)23(27)18-10-8-15(2)16(3)13-18/h5-13,22,27H,1-4H3/b23-21-. The number of carbonyl (C=O) groups is 2. The Hall–Kier alpha value is -3.60. The van der Waals surface area contributed by atoms with Gasteiger partial charge >= 0.3 is 0 Å². The summed E-state index contributed by atoms with van der Waals surface area (Å²) in [5.74, 6) is -0.536. The highest BCUT2D eigenvalue weighted by atomic mass is 16.3. The number of aliphatic hydroxyl groups is 1. The van der Waals surface area contributed by atoms with Crippen LogP contribution in [0.4, 0.5) is 5.69 Å². The topological polar surface area (TPSA) is 70.8 Å². The lowest BCUT2D eigenvalue weighted by Crippen LogP contribution is -2.29. The summed E-state index contributed by atoms with van der Waals surface area (Å²) in [6.45, 7) is 7.62. The molecule has 5 nitrogen and oxygen atoms in total. The minimum atomic E-state index is -0.845. The van der Waals surface area contributed by atoms with Gasteiger partial charge in [-0.25, -0.2) is 0 Å². The third kappa shape index (κ3) is 3.22. The molecule has 1 atom stereocenters. The zero-order valence-electron chi connectivity index (χ0n) is 17.4. The Labute approximate surface area is 175 Å². The maximum atomic E-state index is 13.1. The Morgan fingerprint density at radius 3 is 2.33 bits per heavy atom. The van der Waals surface area contributed by atoms with Gasteiger partial charge in [-0.15, -0.1) is 0 Å². The molecule has 1 amide bonds. The minimum Gasteiger partial charge on any atom is -0.507 e. The van der Waals surface area contributed by atoms with Crippen molar-refractivity contribution >= 4 is 23.1 Å². The minimum absolute atomic E-state index is 0.0270. The van der Waals surface area contributed by atoms with Gasteiger partial charge in [0, 0.05) is 11.3 Å². The number of benzene rings is 2. The van der Waals surface area contributed by atoms with Crippen LogP contribution in [0.15, 0.2) is 64.6 Å². The van der Waals surface area contributed by atoms with Gasteiger partial charge in [-0.1, -0.05) is 24.3 Å². The van der Waals surface area contributed by atoms with Gasteiger partial charge in [0.05, 0.1) is 5.57 Å². The van der Waals surface area contributed by atoms with Crippen LogP contribution in [-0.4, -0.2) is 16.8 Å². The van der Waals surface area contributed by atoms with Crippen molar-refractivity contribution in [1.82, 2.24) is 0 Å². The summed E-state index contributed by atoms with van der Waals surface area (Å²) in [5, 5.41) is 11.1. The Morgan fingerprint density at radius 1 is 0.933 bits per heavy atom. The molecule has 1 unspecified atom stereocenters. The van der Waals surface area contributed by atoms with Crippen molar-refractivity contribution in [2.75, 3.05) is 4.90 Å². The summed E-state index contributed by atoms with van der Waals surface area (Å²) < 4.78 is 5.81. The molecule has 1 N–H and O–H groups in total. The number of carbonyl (C=O) groups excluding carboxylic acids is 2. The number of anilines is 1. The number of aliphatic hydroxyl groups excluding tert-OH is 1. The van der Waals surface area contributed by atoms with Crippen LogP contribution in [0.1, 0.15) is 39.8 Å². The largest absolute Gasteiger partial charge is 0.507 e. The molecular weight excluding hydrogens is 378 g/mol. The lowest BCUT2D eigenvalue weighted by Gasteiger charge is -2.23. The molecule has 1 aliphatic rings. The van der Waals surface area contributed by atoms with Gasteiger partial charge in [-0.05, 0) is 74.7 Å². The summed E-state index contributed by atoms with van der Waals surface area (Å²) in [6, 6.07) is 15.5. The quantitative estimate of drug-likeness (QED) is 0.375. The molecule has 4 rings (SSSR count). The molecule has 0 spiro atoms. The molecule has 1 fully saturated rings. The van der Waals surface area contributed by atoms with E-state index >= 15 is 0 Å². The van der Waals surface area contributed by atoms with Gasteiger partial charge < -0.3 is 9.52 Å². The van der Waals surface area contributed by atoms with Crippen LogP contribution in [0.3, 0.4) is 0 Å². The molecule has 1 aliphatic heterocycles. The SMILES string of the molecule is Cc1cccc(N2C(=O)C(=O)/C(=C(\O)c3ccc(C)c(C)c3)C2c2ccc(C)o2)c1. The van der Waals surface area contributed by atoms with Crippen LogP contribution in [0.2, 0.25) is 0 Å². The summed E-state index contributed by atoms with van der Waals surface area (Å²) in [6.07, 6.45) is 0. The Balaban J connectivity index is 1.95. The Kier molecular flexibility index (Phi) is 4.82. The monoisotopic (exact) mass is 401 g/mol. The zero-order valence-corrected chi connectivity index (χ0v) is 17.4. The van der Waals surface area contributed by atoms with Crippen molar-refractivity contribution in [3.8, 4) is 0 Å². The molecular formula is C25H23NO4. The first-order valence-corrected chi connectivity index (χ1v) is 9.79. The molecule has 0 saturated carbocycles. The summed E-state index contributed by atoms with van der Waals surface area (Å²) in [4.78, 5) is 27.5. The van der Waals surface area contributed by atoms with Crippen molar-refractivity contribution in [2.45, 2.75) is 33.7 Å². The first kappa shape index (κ1) is 19.7. The maximum absolute atomic E-state index is 13.1. The molecule has 1 aromatic heterocycles. The van der Waals surface area contributed by atoms with Gasteiger partial charge in [0.15, 0.2) is 0 Å². The molecule has 5 heteroatoms. The second kappa shape index (κ2) is 7.34. The second-order valence-electron chi connectivity index (χ2n) is 7.76. The number of nitrogens with zero attached hydrogens (tertiary/aromatic N) is 1. The van der Waals surface area contributed by atoms with E-state index in [4.69, 9.17) is 4.42 Å². The van der Waals surface area contributed by atoms with E-state index in [-0.39, 0.29) is 11.3 Å². The van der Waals surface area contributed by atoms with Crippen LogP contribution < -0.4 is 4.90 Å². The van der Waals surface area contributed by atoms with Crippen LogP contribution in [0.25, 0.3) is 5.76 Å². The highest BCUT2D eigenvalue weighted by Gasteiger charge is 2.48. The van der Waals surface area contributed by atoms with E-state index in [1.54, 1.807) is 31.2 Å². The smallest absolute Gasteiger partial charge is 0.300 e. The van der Waals surface area contributed by atoms with Gasteiger partial charge in [-0.3, -0.25) is 14.5 Å². The van der Waals surface area contributed by atoms with Gasteiger partial charge in [0.2, 0.25) is 0 Å². The molecule has 2 aromatic carbocycles. The van der Waals surface area contributed by atoms with E-state index in [2.05, 4.69) is 0 Å². The van der Waals surface area contributed by atoms with E-state index < -0.39 is 17.7 Å². The molecule has 30 heavy (non-hydrogen) atoms. The van der Waals surface area contributed by atoms with Gasteiger partial charge in [-0.2, -0.15) is 0 Å². The Morgan fingerprint density at radius 2 is 1.70 bits per heavy atom. The van der Waals surface area contributed by atoms with Crippen molar-refractivity contribution < 1.29 is 19.1 Å². The number of hydrogen-bond acceptors (Lipinski definition) is 4. The van der Waals surface area contributed by atoms with Gasteiger partial charge in [0.1, 0.15) is 23.3 Å². The fourth-order valence-corrected chi connectivity index (χ4v) is 3.79. The highest BCUT2D eigenvalue weighted by Crippen LogP contribution is 2.42. The van der Waals surface area contributed by atoms with Crippen molar-refractivity contribution in [2.24, 2.45) is 0 Å². The average molecular weight is 401 g/mol. The number of aryl methyl sites for hydroxylation is 4. The van der Waals surface area contributed by atoms with E-state index in [0.717, 1.165) is 16.7 Å². The highest BCUT2D eigenvalue weighted by molar-refractivity contribution is 6.51. The second-order valence-corrected chi connectivity index (χ2v) is 7.76. The van der Waals surface area contributed by atoms with Crippen LogP contribution >= 0.6 is 0 Å². The number of Topliss-reactive ketones (excluding diaryl/α,β-unsaturated/α-hetero) is 1. The maximum Gasteiger partial charge on any atom is 0.300 e. The fraction of sp³-hybridized carbons (Fsp3) is 0.200. The zero-order chi connectivity index (χ0) is 21.6. The molecule has 3 aromatic rings. The summed E-state index contributed by atoms with van der Waals surface area (Å²) >= 11 is 0. The molecule has 2 heterocycles. The Bertz CT molecular complexity index is 1200. The molecule has 0 bridgehead atoms. The van der Waals surface area contributed by atoms with E-state index in [0.29, 0.717) is 22.8 Å². The van der Waals surface area contributed by atoms with Crippen molar-refractivity contribution in [3.05, 3.63) is 93.9 Å². The molecule has 1 saturated heterocycles. The predicted molar refractivity (Wildman–Crippen MR) is 115 cm³/mol. The lowest BCUT2D eigenvalue weighted by atomic mass is 9.97. The number of furan rings is 1. The predicted octanol–water partition coefficient (Wildman–Crippen LogP) is 5.14. The van der Waals surface area contributed by atoms with Crippen molar-refractivity contribution in [3.63, 3.8) is 0 Å². The lowest BCUT2D eigenvalue weighted by molar-refractivity contribution is -0.132. The molecule has 152 valence electrons. The van der Waals surface area contributed by atoms with E-state index in [9.17, 15) is 14.7 Å². The molecule has 0 aliphatic carbocycles. The van der Waals surface area contributed by atoms with Gasteiger partial charge in [0.25, 0.3) is 11.7 Å².